The van der Waals surface area contributed by atoms with E-state index in [0.29, 0.717) is 0 Å². The lowest BCUT2D eigenvalue weighted by atomic mass is 9.97. The van der Waals surface area contributed by atoms with Gasteiger partial charge in [-0.25, -0.2) is 0 Å². The van der Waals surface area contributed by atoms with Gasteiger partial charge in [-0.15, -0.1) is 0 Å². The van der Waals surface area contributed by atoms with Gasteiger partial charge in [0, 0.05) is 19.2 Å². The Morgan fingerprint density at radius 1 is 1.20 bits per heavy atom. The van der Waals surface area contributed by atoms with Crippen LogP contribution in [0.3, 0.4) is 0 Å². The first-order chi connectivity index (χ1) is 9.60. The van der Waals surface area contributed by atoms with Crippen molar-refractivity contribution >= 4 is 5.57 Å². The average molecular weight is 277 g/mol. The second-order valence-electron chi connectivity index (χ2n) is 5.08. The summed E-state index contributed by atoms with van der Waals surface area (Å²) in [5.41, 5.74) is 4.99. The van der Waals surface area contributed by atoms with Crippen molar-refractivity contribution in [3.8, 4) is 5.75 Å². The van der Waals surface area contributed by atoms with E-state index >= 15 is 0 Å². The van der Waals surface area contributed by atoms with Gasteiger partial charge >= 0.3 is 0 Å². The minimum Gasteiger partial charge on any atom is -0.496 e. The summed E-state index contributed by atoms with van der Waals surface area (Å²) >= 11 is 0. The number of rotatable bonds is 8. The summed E-state index contributed by atoms with van der Waals surface area (Å²) in [6.07, 6.45) is 3.27. The van der Waals surface area contributed by atoms with Gasteiger partial charge in [-0.05, 0) is 56.5 Å². The second kappa shape index (κ2) is 8.77. The van der Waals surface area contributed by atoms with Crippen LogP contribution in [0.4, 0.5) is 0 Å². The maximum Gasteiger partial charge on any atom is 0.126 e. The number of allylic oxidation sites excluding steroid dienone is 1. The fourth-order valence-corrected chi connectivity index (χ4v) is 2.39. The van der Waals surface area contributed by atoms with Crippen molar-refractivity contribution in [2.24, 2.45) is 0 Å². The molecule has 0 fully saturated rings. The number of hydrogen-bond acceptors (Lipinski definition) is 3. The van der Waals surface area contributed by atoms with Crippen LogP contribution < -0.4 is 10.1 Å². The number of methoxy groups -OCH3 is 2. The average Bonchev–Trinajstić information content (AvgIpc) is 2.41. The van der Waals surface area contributed by atoms with E-state index in [0.717, 1.165) is 31.9 Å². The summed E-state index contributed by atoms with van der Waals surface area (Å²) < 4.78 is 10.5. The number of aryl methyl sites for hydroxylation is 2. The molecule has 0 aliphatic carbocycles. The molecule has 0 bridgehead atoms. The minimum absolute atomic E-state index is 0.758. The Morgan fingerprint density at radius 3 is 2.60 bits per heavy atom. The van der Waals surface area contributed by atoms with Gasteiger partial charge in [-0.3, -0.25) is 0 Å². The molecular weight excluding hydrogens is 250 g/mol. The third-order valence-corrected chi connectivity index (χ3v) is 3.31. The third-order valence-electron chi connectivity index (χ3n) is 3.31. The number of ether oxygens (including phenoxy) is 2. The van der Waals surface area contributed by atoms with Crippen molar-refractivity contribution < 1.29 is 9.47 Å². The Kier molecular flexibility index (Phi) is 7.34. The predicted octanol–water partition coefficient (Wildman–Crippen LogP) is 3.34. The summed E-state index contributed by atoms with van der Waals surface area (Å²) in [5.74, 6) is 0.962. The van der Waals surface area contributed by atoms with Crippen LogP contribution in [0.15, 0.2) is 18.2 Å². The van der Waals surface area contributed by atoms with Gasteiger partial charge in [0.15, 0.2) is 0 Å². The molecule has 0 unspecified atom stereocenters. The molecule has 0 saturated carbocycles. The molecule has 0 atom stereocenters. The van der Waals surface area contributed by atoms with Crippen LogP contribution in [0, 0.1) is 13.8 Å². The zero-order valence-corrected chi connectivity index (χ0v) is 13.4. The Bertz CT molecular complexity index is 453. The van der Waals surface area contributed by atoms with Crippen LogP contribution >= 0.6 is 0 Å². The lowest BCUT2D eigenvalue weighted by Crippen LogP contribution is -2.19. The molecule has 0 heterocycles. The van der Waals surface area contributed by atoms with Crippen LogP contribution in [0.2, 0.25) is 0 Å². The van der Waals surface area contributed by atoms with Crippen LogP contribution in [0.5, 0.6) is 5.75 Å². The minimum atomic E-state index is 0.758. The highest BCUT2D eigenvalue weighted by Crippen LogP contribution is 2.30. The van der Waals surface area contributed by atoms with E-state index in [1.807, 2.05) is 0 Å². The normalized spacial score (nSPS) is 11.8. The number of hydrogen-bond donors (Lipinski definition) is 1. The van der Waals surface area contributed by atoms with Crippen molar-refractivity contribution in [2.45, 2.75) is 27.2 Å². The SMILES string of the molecule is COCCNCC/C=C(/C)c1c(C)cc(C)cc1OC. The predicted molar refractivity (Wildman–Crippen MR) is 85.5 cm³/mol. The summed E-state index contributed by atoms with van der Waals surface area (Å²) in [5, 5.41) is 3.34. The molecule has 3 heteroatoms. The van der Waals surface area contributed by atoms with Gasteiger partial charge in [0.1, 0.15) is 5.75 Å². The van der Waals surface area contributed by atoms with Crippen LogP contribution in [0.25, 0.3) is 5.57 Å². The maximum absolute atomic E-state index is 5.51. The second-order valence-corrected chi connectivity index (χ2v) is 5.08. The van der Waals surface area contributed by atoms with Gasteiger partial charge in [0.05, 0.1) is 13.7 Å². The molecule has 0 amide bonds. The Balaban J connectivity index is 2.69. The first kappa shape index (κ1) is 16.7. The number of benzene rings is 1. The molecule has 0 radical (unpaired) electrons. The van der Waals surface area contributed by atoms with Gasteiger partial charge < -0.3 is 14.8 Å². The standard InChI is InChI=1S/C17H27NO2/c1-13-11-15(3)17(16(12-13)20-5)14(2)7-6-8-18-9-10-19-4/h7,11-12,18H,6,8-10H2,1-5H3/b14-7-. The summed E-state index contributed by atoms with van der Waals surface area (Å²) in [6, 6.07) is 4.29. The summed E-state index contributed by atoms with van der Waals surface area (Å²) in [7, 11) is 3.45. The molecule has 1 rings (SSSR count). The van der Waals surface area contributed by atoms with E-state index < -0.39 is 0 Å². The summed E-state index contributed by atoms with van der Waals surface area (Å²) in [4.78, 5) is 0. The van der Waals surface area contributed by atoms with E-state index in [1.54, 1.807) is 14.2 Å². The molecule has 0 saturated heterocycles. The van der Waals surface area contributed by atoms with Crippen molar-refractivity contribution in [1.29, 1.82) is 0 Å². The highest BCUT2D eigenvalue weighted by atomic mass is 16.5. The zero-order chi connectivity index (χ0) is 15.0. The molecule has 0 aromatic heterocycles. The van der Waals surface area contributed by atoms with E-state index in [-0.39, 0.29) is 0 Å². The van der Waals surface area contributed by atoms with Gasteiger partial charge in [0.2, 0.25) is 0 Å². The smallest absolute Gasteiger partial charge is 0.126 e. The Morgan fingerprint density at radius 2 is 1.95 bits per heavy atom. The largest absolute Gasteiger partial charge is 0.496 e. The highest BCUT2D eigenvalue weighted by molar-refractivity contribution is 5.72. The molecule has 1 N–H and O–H groups in total. The fourth-order valence-electron chi connectivity index (χ4n) is 2.39. The first-order valence-corrected chi connectivity index (χ1v) is 7.12. The van der Waals surface area contributed by atoms with Crippen LogP contribution in [-0.4, -0.2) is 33.9 Å². The molecule has 0 aliphatic heterocycles. The summed E-state index contributed by atoms with van der Waals surface area (Å²) in [6.45, 7) is 9.00. The van der Waals surface area contributed by atoms with Crippen molar-refractivity contribution in [3.05, 3.63) is 34.9 Å². The van der Waals surface area contributed by atoms with E-state index in [9.17, 15) is 0 Å². The van der Waals surface area contributed by atoms with Crippen LogP contribution in [0.1, 0.15) is 30.0 Å². The molecule has 20 heavy (non-hydrogen) atoms. The highest BCUT2D eigenvalue weighted by Gasteiger charge is 2.09. The van der Waals surface area contributed by atoms with E-state index in [1.165, 1.54) is 22.3 Å². The topological polar surface area (TPSA) is 30.5 Å². The molecular formula is C17H27NO2. The van der Waals surface area contributed by atoms with E-state index in [2.05, 4.69) is 44.3 Å². The lowest BCUT2D eigenvalue weighted by Gasteiger charge is -2.14. The monoisotopic (exact) mass is 277 g/mol. The first-order valence-electron chi connectivity index (χ1n) is 7.12. The van der Waals surface area contributed by atoms with Gasteiger partial charge in [0.25, 0.3) is 0 Å². The number of nitrogens with one attached hydrogen (secondary N) is 1. The lowest BCUT2D eigenvalue weighted by molar-refractivity contribution is 0.199. The molecule has 0 spiro atoms. The maximum atomic E-state index is 5.51. The molecule has 3 nitrogen and oxygen atoms in total. The van der Waals surface area contributed by atoms with Crippen molar-refractivity contribution in [1.82, 2.24) is 5.32 Å². The third kappa shape index (κ3) is 4.99. The van der Waals surface area contributed by atoms with Crippen molar-refractivity contribution in [3.63, 3.8) is 0 Å². The molecule has 0 aliphatic rings. The van der Waals surface area contributed by atoms with Gasteiger partial charge in [-0.1, -0.05) is 12.1 Å². The fraction of sp³-hybridized carbons (Fsp3) is 0.529. The molecule has 1 aromatic rings. The zero-order valence-electron chi connectivity index (χ0n) is 13.4. The Hall–Kier alpha value is -1.32. The van der Waals surface area contributed by atoms with E-state index in [4.69, 9.17) is 9.47 Å². The quantitative estimate of drug-likeness (QED) is 0.739. The van der Waals surface area contributed by atoms with Crippen LogP contribution in [-0.2, 0) is 4.74 Å². The Labute approximate surface area is 123 Å². The van der Waals surface area contributed by atoms with Gasteiger partial charge in [-0.2, -0.15) is 0 Å². The van der Waals surface area contributed by atoms with Crippen molar-refractivity contribution in [2.75, 3.05) is 33.9 Å². The molecule has 1 aromatic carbocycles. The molecule has 112 valence electrons.